The number of nitrogens with zero attached hydrogens (tertiary/aromatic N) is 3. The molecule has 0 atom stereocenters. The number of aliphatic imine (C=N–C) groups is 1. The molecule has 2 aromatic heterocycles. The normalized spacial score (nSPS) is 11.9. The van der Waals surface area contributed by atoms with Gasteiger partial charge in [0.2, 0.25) is 0 Å². The largest absolute Gasteiger partial charge is 0.312 e. The van der Waals surface area contributed by atoms with E-state index in [4.69, 9.17) is 29.0 Å². The van der Waals surface area contributed by atoms with Crippen molar-refractivity contribution < 1.29 is 0 Å². The van der Waals surface area contributed by atoms with Gasteiger partial charge >= 0.3 is 0 Å². The number of halogens is 2. The maximum Gasteiger partial charge on any atom is 0.173 e. The number of hydrogen-bond donors (Lipinski definition) is 2. The molecule has 0 bridgehead atoms. The van der Waals surface area contributed by atoms with Gasteiger partial charge in [-0.1, -0.05) is 29.3 Å². The number of hydrazine groups is 1. The van der Waals surface area contributed by atoms with Gasteiger partial charge in [-0.15, -0.1) is 11.3 Å². The Morgan fingerprint density at radius 1 is 1.27 bits per heavy atom. The first kappa shape index (κ1) is 15.2. The monoisotopic (exact) mass is 351 g/mol. The smallest absolute Gasteiger partial charge is 0.173 e. The van der Waals surface area contributed by atoms with Gasteiger partial charge in [0.05, 0.1) is 20.3 Å². The second kappa shape index (κ2) is 6.18. The molecule has 112 valence electrons. The number of fused-ring (bicyclic) bond motifs is 1. The summed E-state index contributed by atoms with van der Waals surface area (Å²) in [5, 5.41) is 1.85. The van der Waals surface area contributed by atoms with Crippen LogP contribution in [0.5, 0.6) is 0 Å². The minimum atomic E-state index is 0.555. The second-order valence-corrected chi connectivity index (χ2v) is 6.25. The number of thiazole rings is 1. The predicted molar refractivity (Wildman–Crippen MR) is 93.0 cm³/mol. The number of pyridine rings is 1. The molecule has 22 heavy (non-hydrogen) atoms. The lowest BCUT2D eigenvalue weighted by atomic mass is 10.2. The van der Waals surface area contributed by atoms with E-state index in [0.717, 1.165) is 20.8 Å². The Balaban J connectivity index is 2.21. The van der Waals surface area contributed by atoms with E-state index in [9.17, 15) is 0 Å². The van der Waals surface area contributed by atoms with E-state index in [1.54, 1.807) is 31.3 Å². The molecule has 0 unspecified atom stereocenters. The SMILES string of the molecule is CC(=Nc1nccc2nc(-c3c(Cl)cccc3Cl)sc12)NN. The highest BCUT2D eigenvalue weighted by Gasteiger charge is 2.15. The predicted octanol–water partition coefficient (Wildman–Crippen LogP) is 4.18. The standard InChI is InChI=1S/C14H11Cl2N5S/c1-7(21-17)19-13-12-10(5-6-18-13)20-14(22-12)11-8(15)3-2-4-9(11)16/h2-6H,17H2,1H3,(H,18,19,21). The summed E-state index contributed by atoms with van der Waals surface area (Å²) in [4.78, 5) is 13.2. The Hall–Kier alpha value is -1.73. The molecule has 0 aliphatic rings. The van der Waals surface area contributed by atoms with Gasteiger partial charge in [-0.3, -0.25) is 0 Å². The van der Waals surface area contributed by atoms with Gasteiger partial charge in [0.25, 0.3) is 0 Å². The van der Waals surface area contributed by atoms with Crippen LogP contribution in [0.15, 0.2) is 35.5 Å². The third-order valence-electron chi connectivity index (χ3n) is 2.94. The summed E-state index contributed by atoms with van der Waals surface area (Å²) < 4.78 is 0.850. The number of amidine groups is 1. The van der Waals surface area contributed by atoms with Gasteiger partial charge < -0.3 is 5.43 Å². The van der Waals surface area contributed by atoms with E-state index in [-0.39, 0.29) is 0 Å². The zero-order valence-electron chi connectivity index (χ0n) is 11.5. The summed E-state index contributed by atoms with van der Waals surface area (Å²) in [6, 6.07) is 7.20. The van der Waals surface area contributed by atoms with Crippen LogP contribution in [0.25, 0.3) is 20.8 Å². The molecule has 8 heteroatoms. The van der Waals surface area contributed by atoms with Crippen molar-refractivity contribution >= 4 is 56.4 Å². The van der Waals surface area contributed by atoms with Crippen LogP contribution in [0.2, 0.25) is 10.0 Å². The molecule has 5 nitrogen and oxygen atoms in total. The van der Waals surface area contributed by atoms with Crippen LogP contribution in [0.4, 0.5) is 5.82 Å². The molecule has 0 radical (unpaired) electrons. The number of rotatable bonds is 2. The third-order valence-corrected chi connectivity index (χ3v) is 4.66. The molecular weight excluding hydrogens is 341 g/mol. The third kappa shape index (κ3) is 2.78. The first-order valence-corrected chi connectivity index (χ1v) is 7.89. The number of benzene rings is 1. The fraction of sp³-hybridized carbons (Fsp3) is 0.0714. The highest BCUT2D eigenvalue weighted by atomic mass is 35.5. The number of hydrogen-bond acceptors (Lipinski definition) is 5. The van der Waals surface area contributed by atoms with Crippen molar-refractivity contribution in [3.05, 3.63) is 40.5 Å². The lowest BCUT2D eigenvalue weighted by Gasteiger charge is -2.01. The van der Waals surface area contributed by atoms with E-state index in [2.05, 4.69) is 20.4 Å². The number of aromatic nitrogens is 2. The first-order chi connectivity index (χ1) is 10.6. The van der Waals surface area contributed by atoms with Gasteiger partial charge in [0.1, 0.15) is 10.8 Å². The van der Waals surface area contributed by atoms with E-state index in [1.165, 1.54) is 11.3 Å². The molecule has 2 heterocycles. The van der Waals surface area contributed by atoms with Crippen molar-refractivity contribution in [3.63, 3.8) is 0 Å². The molecule has 0 spiro atoms. The molecule has 0 amide bonds. The highest BCUT2D eigenvalue weighted by molar-refractivity contribution is 7.22. The lowest BCUT2D eigenvalue weighted by Crippen LogP contribution is -2.27. The molecule has 3 aromatic rings. The van der Waals surface area contributed by atoms with E-state index in [0.29, 0.717) is 21.7 Å². The van der Waals surface area contributed by atoms with Crippen LogP contribution >= 0.6 is 34.5 Å². The Bertz CT molecular complexity index is 855. The Kier molecular flexibility index (Phi) is 4.26. The summed E-state index contributed by atoms with van der Waals surface area (Å²) in [5.41, 5.74) is 3.99. The zero-order chi connectivity index (χ0) is 15.7. The fourth-order valence-corrected chi connectivity index (χ4v) is 3.68. The van der Waals surface area contributed by atoms with Crippen molar-refractivity contribution in [2.75, 3.05) is 0 Å². The van der Waals surface area contributed by atoms with Gasteiger partial charge in [-0.25, -0.2) is 20.8 Å². The summed E-state index contributed by atoms with van der Waals surface area (Å²) in [7, 11) is 0. The Morgan fingerprint density at radius 3 is 2.68 bits per heavy atom. The van der Waals surface area contributed by atoms with Crippen molar-refractivity contribution in [3.8, 4) is 10.6 Å². The van der Waals surface area contributed by atoms with E-state index in [1.807, 2.05) is 6.07 Å². The molecule has 0 saturated heterocycles. The minimum absolute atomic E-state index is 0.555. The van der Waals surface area contributed by atoms with Gasteiger partial charge in [-0.2, -0.15) is 0 Å². The van der Waals surface area contributed by atoms with Gasteiger partial charge in [-0.05, 0) is 25.1 Å². The van der Waals surface area contributed by atoms with Crippen molar-refractivity contribution in [2.24, 2.45) is 10.8 Å². The molecular formula is C14H11Cl2N5S. The maximum atomic E-state index is 6.25. The molecule has 3 N–H and O–H groups in total. The second-order valence-electron chi connectivity index (χ2n) is 4.44. The van der Waals surface area contributed by atoms with Crippen LogP contribution < -0.4 is 11.3 Å². The molecule has 0 aliphatic carbocycles. The van der Waals surface area contributed by atoms with Crippen molar-refractivity contribution in [2.45, 2.75) is 6.92 Å². The highest BCUT2D eigenvalue weighted by Crippen LogP contribution is 2.40. The summed E-state index contributed by atoms with van der Waals surface area (Å²) in [6.07, 6.45) is 1.66. The Labute approximate surface area is 140 Å². The van der Waals surface area contributed by atoms with Crippen LogP contribution in [-0.4, -0.2) is 15.8 Å². The van der Waals surface area contributed by atoms with Crippen molar-refractivity contribution in [1.82, 2.24) is 15.4 Å². The molecule has 0 saturated carbocycles. The number of nitrogens with two attached hydrogens (primary N) is 1. The van der Waals surface area contributed by atoms with Crippen LogP contribution in [0, 0.1) is 0 Å². The van der Waals surface area contributed by atoms with Crippen LogP contribution in [0.1, 0.15) is 6.92 Å². The average Bonchev–Trinajstić information content (AvgIpc) is 2.91. The van der Waals surface area contributed by atoms with E-state index >= 15 is 0 Å². The minimum Gasteiger partial charge on any atom is -0.312 e. The number of nitrogens with one attached hydrogen (secondary N) is 1. The van der Waals surface area contributed by atoms with Crippen molar-refractivity contribution in [1.29, 1.82) is 0 Å². The first-order valence-electron chi connectivity index (χ1n) is 6.32. The summed E-state index contributed by atoms with van der Waals surface area (Å²) in [5.74, 6) is 6.46. The van der Waals surface area contributed by atoms with Gasteiger partial charge in [0.15, 0.2) is 5.82 Å². The van der Waals surface area contributed by atoms with E-state index < -0.39 is 0 Å². The summed E-state index contributed by atoms with van der Waals surface area (Å²) in [6.45, 7) is 1.76. The van der Waals surface area contributed by atoms with Gasteiger partial charge in [0, 0.05) is 11.8 Å². The molecule has 3 rings (SSSR count). The molecule has 0 fully saturated rings. The maximum absolute atomic E-state index is 6.25. The molecule has 1 aromatic carbocycles. The zero-order valence-corrected chi connectivity index (χ0v) is 13.8. The lowest BCUT2D eigenvalue weighted by molar-refractivity contribution is 1.01. The van der Waals surface area contributed by atoms with Crippen LogP contribution in [0.3, 0.4) is 0 Å². The fourth-order valence-electron chi connectivity index (χ4n) is 1.92. The Morgan fingerprint density at radius 2 is 2.00 bits per heavy atom. The van der Waals surface area contributed by atoms with Crippen LogP contribution in [-0.2, 0) is 0 Å². The topological polar surface area (TPSA) is 76.2 Å². The quantitative estimate of drug-likeness (QED) is 0.314. The molecule has 0 aliphatic heterocycles. The average molecular weight is 352 g/mol. The summed E-state index contributed by atoms with van der Waals surface area (Å²) >= 11 is 13.9.